The maximum Gasteiger partial charge on any atom is 0.316 e. The van der Waals surface area contributed by atoms with E-state index >= 15 is 0 Å². The number of benzene rings is 2. The third-order valence-electron chi connectivity index (χ3n) is 3.58. The van der Waals surface area contributed by atoms with E-state index in [9.17, 15) is 10.1 Å². The van der Waals surface area contributed by atoms with Crippen LogP contribution in [0.25, 0.3) is 11.6 Å². The topological polar surface area (TPSA) is 50.1 Å². The summed E-state index contributed by atoms with van der Waals surface area (Å²) in [6.45, 7) is 0. The highest BCUT2D eigenvalue weighted by atomic mass is 35.5. The van der Waals surface area contributed by atoms with Crippen LogP contribution >= 0.6 is 22.9 Å². The van der Waals surface area contributed by atoms with Gasteiger partial charge in [-0.05, 0) is 52.9 Å². The van der Waals surface area contributed by atoms with Gasteiger partial charge in [-0.1, -0.05) is 41.9 Å². The molecule has 3 rings (SSSR count). The number of hydrogen-bond donors (Lipinski definition) is 0. The lowest BCUT2D eigenvalue weighted by Gasteiger charge is -2.05. The summed E-state index contributed by atoms with van der Waals surface area (Å²) in [6.07, 6.45) is 1.99. The van der Waals surface area contributed by atoms with Crippen molar-refractivity contribution in [2.24, 2.45) is 0 Å². The number of allylic oxidation sites excluding steroid dienone is 1. The maximum atomic E-state index is 12.0. The second-order valence-corrected chi connectivity index (χ2v) is 6.95. The highest BCUT2D eigenvalue weighted by molar-refractivity contribution is 7.10. The van der Waals surface area contributed by atoms with Gasteiger partial charge in [-0.15, -0.1) is 11.3 Å². The molecule has 0 unspecified atom stereocenters. The SMILES string of the molecule is N#C/C(=C/c1cccc(OC(=O)Cc2cccs2)c1)c1ccc(Cl)cc1. The van der Waals surface area contributed by atoms with Crippen molar-refractivity contribution in [2.45, 2.75) is 6.42 Å². The molecule has 0 spiro atoms. The molecule has 3 aromatic rings. The summed E-state index contributed by atoms with van der Waals surface area (Å²) in [6, 6.07) is 20.2. The van der Waals surface area contributed by atoms with Crippen molar-refractivity contribution in [1.29, 1.82) is 5.26 Å². The molecule has 1 heterocycles. The van der Waals surface area contributed by atoms with E-state index in [1.807, 2.05) is 23.6 Å². The molecular weight excluding hydrogens is 366 g/mol. The first-order chi connectivity index (χ1) is 12.6. The molecule has 0 amide bonds. The molecule has 0 saturated heterocycles. The summed E-state index contributed by atoms with van der Waals surface area (Å²) in [5.41, 5.74) is 2.05. The molecule has 0 saturated carbocycles. The van der Waals surface area contributed by atoms with Gasteiger partial charge in [-0.3, -0.25) is 4.79 Å². The Kier molecular flexibility index (Phi) is 5.85. The van der Waals surface area contributed by atoms with Crippen molar-refractivity contribution in [2.75, 3.05) is 0 Å². The number of ether oxygens (including phenoxy) is 1. The van der Waals surface area contributed by atoms with E-state index in [2.05, 4.69) is 6.07 Å². The zero-order chi connectivity index (χ0) is 18.4. The molecule has 2 aromatic carbocycles. The summed E-state index contributed by atoms with van der Waals surface area (Å²) in [7, 11) is 0. The Morgan fingerprint density at radius 1 is 1.15 bits per heavy atom. The molecule has 128 valence electrons. The van der Waals surface area contributed by atoms with Crippen LogP contribution in [0.5, 0.6) is 5.75 Å². The van der Waals surface area contributed by atoms with Gasteiger partial charge in [0, 0.05) is 9.90 Å². The largest absolute Gasteiger partial charge is 0.426 e. The van der Waals surface area contributed by atoms with E-state index in [4.69, 9.17) is 16.3 Å². The summed E-state index contributed by atoms with van der Waals surface area (Å²) < 4.78 is 5.40. The third kappa shape index (κ3) is 4.82. The fourth-order valence-corrected chi connectivity index (χ4v) is 3.18. The normalized spacial score (nSPS) is 11.0. The Hall–Kier alpha value is -2.87. The molecular formula is C21H14ClNO2S. The van der Waals surface area contributed by atoms with Crippen LogP contribution in [0, 0.1) is 11.3 Å². The second-order valence-electron chi connectivity index (χ2n) is 5.48. The van der Waals surface area contributed by atoms with Crippen LogP contribution in [0.4, 0.5) is 0 Å². The number of hydrogen-bond acceptors (Lipinski definition) is 4. The molecule has 0 bridgehead atoms. The minimum Gasteiger partial charge on any atom is -0.426 e. The Morgan fingerprint density at radius 2 is 1.96 bits per heavy atom. The highest BCUT2D eigenvalue weighted by Crippen LogP contribution is 2.22. The minimum atomic E-state index is -0.313. The second kappa shape index (κ2) is 8.48. The first kappa shape index (κ1) is 17.9. The van der Waals surface area contributed by atoms with Crippen LogP contribution in [0.15, 0.2) is 66.0 Å². The Morgan fingerprint density at radius 3 is 2.65 bits per heavy atom. The Bertz CT molecular complexity index is 970. The van der Waals surface area contributed by atoms with Crippen LogP contribution in [-0.4, -0.2) is 5.97 Å². The molecule has 26 heavy (non-hydrogen) atoms. The van der Waals surface area contributed by atoms with Crippen LogP contribution < -0.4 is 4.74 Å². The third-order valence-corrected chi connectivity index (χ3v) is 4.70. The van der Waals surface area contributed by atoms with Gasteiger partial charge in [-0.2, -0.15) is 5.26 Å². The molecule has 1 aromatic heterocycles. The van der Waals surface area contributed by atoms with E-state index in [0.29, 0.717) is 16.3 Å². The van der Waals surface area contributed by atoms with E-state index in [1.54, 1.807) is 48.5 Å². The molecule has 0 N–H and O–H groups in total. The molecule has 3 nitrogen and oxygen atoms in total. The number of nitrogens with zero attached hydrogens (tertiary/aromatic N) is 1. The standard InChI is InChI=1S/C21H14ClNO2S/c22-18-8-6-16(7-9-18)17(14-23)11-15-3-1-4-19(12-15)25-21(24)13-20-5-2-10-26-20/h1-12H,13H2/b17-11-. The average Bonchev–Trinajstić information content (AvgIpc) is 3.13. The molecule has 0 aliphatic heterocycles. The monoisotopic (exact) mass is 379 g/mol. The first-order valence-corrected chi connectivity index (χ1v) is 9.10. The number of rotatable bonds is 5. The Balaban J connectivity index is 1.76. The zero-order valence-corrected chi connectivity index (χ0v) is 15.3. The number of carbonyl (C=O) groups excluding carboxylic acids is 1. The van der Waals surface area contributed by atoms with Gasteiger partial charge in [0.2, 0.25) is 0 Å². The highest BCUT2D eigenvalue weighted by Gasteiger charge is 2.08. The number of thiophene rings is 1. The van der Waals surface area contributed by atoms with E-state index in [-0.39, 0.29) is 12.4 Å². The van der Waals surface area contributed by atoms with Gasteiger partial charge < -0.3 is 4.74 Å². The van der Waals surface area contributed by atoms with Crippen molar-refractivity contribution in [1.82, 2.24) is 0 Å². The number of carbonyl (C=O) groups is 1. The van der Waals surface area contributed by atoms with Gasteiger partial charge in [0.25, 0.3) is 0 Å². The van der Waals surface area contributed by atoms with Gasteiger partial charge in [-0.25, -0.2) is 0 Å². The summed E-state index contributed by atoms with van der Waals surface area (Å²) in [4.78, 5) is 13.0. The summed E-state index contributed by atoms with van der Waals surface area (Å²) in [5.74, 6) is 0.139. The van der Waals surface area contributed by atoms with Crippen molar-refractivity contribution >= 4 is 40.6 Å². The average molecular weight is 380 g/mol. The molecule has 0 fully saturated rings. The smallest absolute Gasteiger partial charge is 0.316 e. The number of esters is 1. The zero-order valence-electron chi connectivity index (χ0n) is 13.7. The Labute approximate surface area is 160 Å². The lowest BCUT2D eigenvalue weighted by molar-refractivity contribution is -0.133. The predicted molar refractivity (Wildman–Crippen MR) is 105 cm³/mol. The lowest BCUT2D eigenvalue weighted by atomic mass is 10.0. The fourth-order valence-electron chi connectivity index (χ4n) is 2.37. The fraction of sp³-hybridized carbons (Fsp3) is 0.0476. The summed E-state index contributed by atoms with van der Waals surface area (Å²) >= 11 is 7.41. The predicted octanol–water partition coefficient (Wildman–Crippen LogP) is 5.61. The molecule has 0 atom stereocenters. The van der Waals surface area contributed by atoms with Crippen molar-refractivity contribution in [3.05, 3.63) is 87.1 Å². The van der Waals surface area contributed by atoms with E-state index in [0.717, 1.165) is 16.0 Å². The van der Waals surface area contributed by atoms with E-state index in [1.165, 1.54) is 11.3 Å². The number of halogens is 1. The van der Waals surface area contributed by atoms with Crippen LogP contribution in [0.1, 0.15) is 16.0 Å². The van der Waals surface area contributed by atoms with Crippen LogP contribution in [0.2, 0.25) is 5.02 Å². The van der Waals surface area contributed by atoms with Gasteiger partial charge in [0.1, 0.15) is 5.75 Å². The molecule has 5 heteroatoms. The van der Waals surface area contributed by atoms with Gasteiger partial charge in [0.05, 0.1) is 18.1 Å². The quantitative estimate of drug-likeness (QED) is 0.250. The van der Waals surface area contributed by atoms with Crippen molar-refractivity contribution in [3.63, 3.8) is 0 Å². The minimum absolute atomic E-state index is 0.242. The lowest BCUT2D eigenvalue weighted by Crippen LogP contribution is -2.10. The van der Waals surface area contributed by atoms with Crippen molar-refractivity contribution < 1.29 is 9.53 Å². The first-order valence-electron chi connectivity index (χ1n) is 7.85. The maximum absolute atomic E-state index is 12.0. The number of nitriles is 1. The van der Waals surface area contributed by atoms with Crippen LogP contribution in [0.3, 0.4) is 0 Å². The molecule has 0 aliphatic carbocycles. The molecule has 0 aliphatic rings. The van der Waals surface area contributed by atoms with Gasteiger partial charge >= 0.3 is 5.97 Å². The summed E-state index contributed by atoms with van der Waals surface area (Å²) in [5, 5.41) is 12.0. The van der Waals surface area contributed by atoms with E-state index < -0.39 is 0 Å². The van der Waals surface area contributed by atoms with Gasteiger partial charge in [0.15, 0.2) is 0 Å². The van der Waals surface area contributed by atoms with Crippen molar-refractivity contribution in [3.8, 4) is 11.8 Å². The van der Waals surface area contributed by atoms with Crippen LogP contribution in [-0.2, 0) is 11.2 Å². The molecule has 0 radical (unpaired) electrons.